The lowest BCUT2D eigenvalue weighted by Gasteiger charge is -2.40. The lowest BCUT2D eigenvalue weighted by molar-refractivity contribution is -0.301. The number of hydrogen-bond donors (Lipinski definition) is 3. The summed E-state index contributed by atoms with van der Waals surface area (Å²) in [6.45, 7) is 5.70. The summed E-state index contributed by atoms with van der Waals surface area (Å²) >= 11 is 0. The van der Waals surface area contributed by atoms with Gasteiger partial charge in [-0.3, -0.25) is 14.4 Å². The number of esters is 3. The van der Waals surface area contributed by atoms with Crippen molar-refractivity contribution in [3.05, 3.63) is 97.2 Å². The fourth-order valence-electron chi connectivity index (χ4n) is 7.84. The molecule has 414 valence electrons. The summed E-state index contributed by atoms with van der Waals surface area (Å²) in [5.74, 6) is -3.26. The molecule has 73 heavy (non-hydrogen) atoms. The zero-order chi connectivity index (χ0) is 53.3. The van der Waals surface area contributed by atoms with Crippen molar-refractivity contribution < 1.29 is 58.2 Å². The van der Waals surface area contributed by atoms with Crippen LogP contribution in [0.3, 0.4) is 0 Å². The van der Waals surface area contributed by atoms with Gasteiger partial charge in [-0.15, -0.1) is 0 Å². The van der Waals surface area contributed by atoms with E-state index < -0.39 is 67.3 Å². The Hall–Kier alpha value is -4.36. The first-order valence-corrected chi connectivity index (χ1v) is 28.2. The van der Waals surface area contributed by atoms with Crippen LogP contribution in [0.1, 0.15) is 213 Å². The normalized spacial score (nSPS) is 19.1. The molecule has 6 unspecified atom stereocenters. The van der Waals surface area contributed by atoms with Crippen LogP contribution in [0.25, 0.3) is 0 Å². The van der Waals surface area contributed by atoms with Crippen LogP contribution in [0, 0.1) is 0 Å². The van der Waals surface area contributed by atoms with E-state index in [0.717, 1.165) is 116 Å². The number of carboxylic acid groups (broad SMARTS) is 1. The van der Waals surface area contributed by atoms with Crippen LogP contribution in [0.5, 0.6) is 0 Å². The predicted molar refractivity (Wildman–Crippen MR) is 294 cm³/mol. The van der Waals surface area contributed by atoms with E-state index in [9.17, 15) is 34.5 Å². The Kier molecular flexibility index (Phi) is 44.4. The number of carbonyl (C=O) groups is 4. The Balaban J connectivity index is 2.76. The van der Waals surface area contributed by atoms with Crippen LogP contribution < -0.4 is 0 Å². The van der Waals surface area contributed by atoms with Crippen molar-refractivity contribution in [2.24, 2.45) is 0 Å². The summed E-state index contributed by atoms with van der Waals surface area (Å²) in [5.41, 5.74) is 0. The number of unbranched alkanes of at least 4 members (excludes halogenated alkanes) is 16. The molecule has 0 spiro atoms. The van der Waals surface area contributed by atoms with E-state index in [1.807, 2.05) is 12.2 Å². The highest BCUT2D eigenvalue weighted by Gasteiger charge is 2.50. The molecule has 0 bridgehead atoms. The van der Waals surface area contributed by atoms with Gasteiger partial charge in [0.1, 0.15) is 18.8 Å². The number of aliphatic hydroxyl groups is 2. The summed E-state index contributed by atoms with van der Waals surface area (Å²) in [4.78, 5) is 50.9. The molecular formula is C61H98O12. The van der Waals surface area contributed by atoms with E-state index >= 15 is 0 Å². The van der Waals surface area contributed by atoms with Crippen LogP contribution in [-0.2, 0) is 42.9 Å². The van der Waals surface area contributed by atoms with E-state index in [0.29, 0.717) is 19.3 Å². The topological polar surface area (TPSA) is 175 Å². The van der Waals surface area contributed by atoms with Gasteiger partial charge in [0.2, 0.25) is 0 Å². The van der Waals surface area contributed by atoms with Crippen molar-refractivity contribution in [3.8, 4) is 0 Å². The molecule has 1 aliphatic heterocycles. The molecule has 1 saturated heterocycles. The average Bonchev–Trinajstić information content (AvgIpc) is 3.37. The van der Waals surface area contributed by atoms with E-state index in [4.69, 9.17) is 23.7 Å². The van der Waals surface area contributed by atoms with Crippen LogP contribution in [0.2, 0.25) is 0 Å². The van der Waals surface area contributed by atoms with Gasteiger partial charge in [0.05, 0.1) is 6.61 Å². The number of aliphatic hydroxyl groups excluding tert-OH is 2. The number of carbonyl (C=O) groups excluding carboxylic acids is 3. The highest BCUT2D eigenvalue weighted by molar-refractivity contribution is 5.74. The predicted octanol–water partition coefficient (Wildman–Crippen LogP) is 14.1. The number of carboxylic acids is 1. The molecule has 0 amide bonds. The molecule has 6 atom stereocenters. The minimum absolute atomic E-state index is 0.0498. The molecule has 0 radical (unpaired) electrons. The van der Waals surface area contributed by atoms with Gasteiger partial charge in [0.25, 0.3) is 0 Å². The molecule has 1 fully saturated rings. The molecule has 1 rings (SSSR count). The Morgan fingerprint density at radius 2 is 0.918 bits per heavy atom. The van der Waals surface area contributed by atoms with Crippen LogP contribution in [0.15, 0.2) is 97.2 Å². The zero-order valence-corrected chi connectivity index (χ0v) is 45.3. The van der Waals surface area contributed by atoms with E-state index in [1.165, 1.54) is 38.5 Å². The molecule has 0 aromatic carbocycles. The standard InChI is InChI=1S/C61H98O12/c1-4-7-10-13-16-19-22-24-25-26-27-28-29-31-33-35-38-41-44-47-53(62)69-50-52(71-54(63)48-45-42-39-37-34-30-23-20-17-14-11-8-5-2)51-70-61-59(57(66)56(65)58(73-61)60(67)68)72-55(64)49-46-43-40-36-32-21-18-15-12-9-6-3/h7,10-11,14,16,19-20,23-25,27-28,31,33,38,41,52,56-59,61,65-66H,4-6,8-9,12-13,15,17-18,21-22,26,29-30,32,34-37,39-40,42-51H2,1-3H3,(H,67,68)/b10-7-,14-11-,19-16-,23-20-,25-24-,28-27-,33-31-,41-38-. The van der Waals surface area contributed by atoms with Gasteiger partial charge in [0.15, 0.2) is 24.6 Å². The maximum Gasteiger partial charge on any atom is 0.335 e. The second kappa shape index (κ2) is 48.6. The molecular weight excluding hydrogens is 925 g/mol. The first-order valence-electron chi connectivity index (χ1n) is 28.2. The lowest BCUT2D eigenvalue weighted by Crippen LogP contribution is -2.61. The van der Waals surface area contributed by atoms with Crippen molar-refractivity contribution in [2.75, 3.05) is 13.2 Å². The number of ether oxygens (including phenoxy) is 5. The maximum atomic E-state index is 13.1. The minimum Gasteiger partial charge on any atom is -0.479 e. The SMILES string of the molecule is CC/C=C\C/C=C\C/C=C\C/C=C\C/C=C\C/C=C\CCC(=O)OCC(COC1OC(C(=O)O)C(O)C(O)C1OC(=O)CCCCCCCCCCCCC)OC(=O)CCCCCCC/C=C\C/C=C\CCC. The molecule has 1 heterocycles. The Morgan fingerprint density at radius 1 is 0.466 bits per heavy atom. The molecule has 12 heteroatoms. The van der Waals surface area contributed by atoms with E-state index in [-0.39, 0.29) is 25.9 Å². The summed E-state index contributed by atoms with van der Waals surface area (Å²) in [6, 6.07) is 0. The average molecular weight is 1020 g/mol. The second-order valence-electron chi connectivity index (χ2n) is 18.8. The van der Waals surface area contributed by atoms with Crippen LogP contribution >= 0.6 is 0 Å². The number of rotatable bonds is 46. The Bertz CT molecular complexity index is 1640. The summed E-state index contributed by atoms with van der Waals surface area (Å²) in [5, 5.41) is 31.4. The summed E-state index contributed by atoms with van der Waals surface area (Å²) in [7, 11) is 0. The smallest absolute Gasteiger partial charge is 0.335 e. The molecule has 1 aliphatic rings. The third-order valence-electron chi connectivity index (χ3n) is 12.1. The van der Waals surface area contributed by atoms with Crippen LogP contribution in [-0.4, -0.2) is 89.2 Å². The van der Waals surface area contributed by atoms with Gasteiger partial charge in [-0.25, -0.2) is 4.79 Å². The summed E-state index contributed by atoms with van der Waals surface area (Å²) < 4.78 is 28.2. The van der Waals surface area contributed by atoms with Gasteiger partial charge in [0, 0.05) is 19.3 Å². The molecule has 0 aliphatic carbocycles. The fourth-order valence-corrected chi connectivity index (χ4v) is 7.84. The quantitative estimate of drug-likeness (QED) is 0.0228. The maximum absolute atomic E-state index is 13.1. The first kappa shape index (κ1) is 66.7. The highest BCUT2D eigenvalue weighted by Crippen LogP contribution is 2.26. The third kappa shape index (κ3) is 38.8. The van der Waals surface area contributed by atoms with E-state index in [2.05, 4.69) is 106 Å². The first-order chi connectivity index (χ1) is 35.6. The van der Waals surface area contributed by atoms with Gasteiger partial charge in [-0.05, 0) is 83.5 Å². The number of aliphatic carboxylic acids is 1. The fraction of sp³-hybridized carbons (Fsp3) is 0.672. The van der Waals surface area contributed by atoms with Gasteiger partial charge >= 0.3 is 23.9 Å². The molecule has 0 saturated carbocycles. The largest absolute Gasteiger partial charge is 0.479 e. The number of hydrogen-bond acceptors (Lipinski definition) is 11. The minimum atomic E-state index is -1.91. The number of allylic oxidation sites excluding steroid dienone is 16. The van der Waals surface area contributed by atoms with Crippen molar-refractivity contribution in [1.82, 2.24) is 0 Å². The Morgan fingerprint density at radius 3 is 1.42 bits per heavy atom. The monoisotopic (exact) mass is 1020 g/mol. The van der Waals surface area contributed by atoms with Crippen LogP contribution in [0.4, 0.5) is 0 Å². The van der Waals surface area contributed by atoms with Gasteiger partial charge in [-0.2, -0.15) is 0 Å². The van der Waals surface area contributed by atoms with Crippen molar-refractivity contribution in [1.29, 1.82) is 0 Å². The van der Waals surface area contributed by atoms with Crippen molar-refractivity contribution >= 4 is 23.9 Å². The van der Waals surface area contributed by atoms with Crippen molar-refractivity contribution in [3.63, 3.8) is 0 Å². The molecule has 0 aromatic heterocycles. The highest BCUT2D eigenvalue weighted by atomic mass is 16.7. The second-order valence-corrected chi connectivity index (χ2v) is 18.8. The van der Waals surface area contributed by atoms with Crippen molar-refractivity contribution in [2.45, 2.75) is 250 Å². The van der Waals surface area contributed by atoms with Gasteiger partial charge in [-0.1, -0.05) is 208 Å². The molecule has 0 aromatic rings. The summed E-state index contributed by atoms with van der Waals surface area (Å²) in [6.07, 6.45) is 51.2. The third-order valence-corrected chi connectivity index (χ3v) is 12.1. The lowest BCUT2D eigenvalue weighted by atomic mass is 9.98. The zero-order valence-electron chi connectivity index (χ0n) is 45.3. The molecule has 12 nitrogen and oxygen atoms in total. The van der Waals surface area contributed by atoms with Gasteiger partial charge < -0.3 is 39.0 Å². The van der Waals surface area contributed by atoms with E-state index in [1.54, 1.807) is 0 Å². The Labute approximate surface area is 441 Å². The molecule has 3 N–H and O–H groups in total.